The summed E-state index contributed by atoms with van der Waals surface area (Å²) in [5.74, 6) is 1.95. The summed E-state index contributed by atoms with van der Waals surface area (Å²) in [7, 11) is 0. The van der Waals surface area contributed by atoms with E-state index in [1.54, 1.807) is 6.20 Å². The van der Waals surface area contributed by atoms with E-state index in [-0.39, 0.29) is 0 Å². The van der Waals surface area contributed by atoms with Crippen LogP contribution >= 0.6 is 0 Å². The van der Waals surface area contributed by atoms with E-state index >= 15 is 0 Å². The average Bonchev–Trinajstić information content (AvgIpc) is 3.34. The molecule has 11 heteroatoms. The number of aliphatic hydroxyl groups excluding tert-OH is 1. The molecule has 1 atom stereocenters. The van der Waals surface area contributed by atoms with Crippen molar-refractivity contribution in [2.75, 3.05) is 56.2 Å². The Morgan fingerprint density at radius 2 is 2.03 bits per heavy atom. The normalized spacial score (nSPS) is 19.2. The molecule has 2 aliphatic rings. The van der Waals surface area contributed by atoms with Crippen molar-refractivity contribution in [1.82, 2.24) is 35.0 Å². The lowest BCUT2D eigenvalue weighted by Crippen LogP contribution is -2.49. The summed E-state index contributed by atoms with van der Waals surface area (Å²) in [6.07, 6.45) is 2.60. The number of fused-ring (bicyclic) bond motifs is 1. The molecule has 1 saturated heterocycles. The summed E-state index contributed by atoms with van der Waals surface area (Å²) in [5, 5.41) is 21.6. The summed E-state index contributed by atoms with van der Waals surface area (Å²) in [6.45, 7) is 7.15. The lowest BCUT2D eigenvalue weighted by Gasteiger charge is -2.36. The number of pyridine rings is 1. The second-order valence-electron chi connectivity index (χ2n) is 7.60. The number of aromatic nitrogens is 6. The van der Waals surface area contributed by atoms with E-state index in [0.717, 1.165) is 44.1 Å². The Hall–Kier alpha value is -3.15. The maximum absolute atomic E-state index is 10.6. The largest absolute Gasteiger partial charge is 0.379 e. The van der Waals surface area contributed by atoms with E-state index < -0.39 is 6.23 Å². The maximum atomic E-state index is 10.6. The zero-order chi connectivity index (χ0) is 21.2. The first-order chi connectivity index (χ1) is 15.2. The van der Waals surface area contributed by atoms with Crippen molar-refractivity contribution >= 4 is 11.6 Å². The van der Waals surface area contributed by atoms with Crippen molar-refractivity contribution < 1.29 is 9.84 Å². The highest BCUT2D eigenvalue weighted by Crippen LogP contribution is 2.31. The van der Waals surface area contributed by atoms with Gasteiger partial charge in [0.2, 0.25) is 0 Å². The van der Waals surface area contributed by atoms with E-state index in [0.29, 0.717) is 41.9 Å². The first-order valence-electron chi connectivity index (χ1n) is 10.4. The van der Waals surface area contributed by atoms with Gasteiger partial charge < -0.3 is 25.0 Å². The molecule has 0 aromatic carbocycles. The third kappa shape index (κ3) is 4.07. The van der Waals surface area contributed by atoms with Gasteiger partial charge in [0.15, 0.2) is 17.5 Å². The first-order valence-corrected chi connectivity index (χ1v) is 10.4. The predicted molar refractivity (Wildman–Crippen MR) is 114 cm³/mol. The fourth-order valence-corrected chi connectivity index (χ4v) is 3.90. The van der Waals surface area contributed by atoms with Crippen LogP contribution in [0.1, 0.15) is 5.69 Å². The van der Waals surface area contributed by atoms with Crippen LogP contribution in [0.25, 0.3) is 22.8 Å². The number of aromatic amines is 1. The third-order valence-corrected chi connectivity index (χ3v) is 5.62. The molecular weight excluding hydrogens is 398 g/mol. The number of hydrogen-bond donors (Lipinski definition) is 3. The summed E-state index contributed by atoms with van der Waals surface area (Å²) in [6, 6.07) is 3.84. The Morgan fingerprint density at radius 1 is 1.16 bits per heavy atom. The van der Waals surface area contributed by atoms with Crippen molar-refractivity contribution in [3.63, 3.8) is 0 Å². The van der Waals surface area contributed by atoms with Gasteiger partial charge in [-0.25, -0.2) is 15.0 Å². The van der Waals surface area contributed by atoms with Crippen molar-refractivity contribution in [3.8, 4) is 22.8 Å². The Kier molecular flexibility index (Phi) is 5.45. The molecule has 0 saturated carbocycles. The second-order valence-corrected chi connectivity index (χ2v) is 7.60. The minimum Gasteiger partial charge on any atom is -0.379 e. The molecule has 3 aromatic rings. The van der Waals surface area contributed by atoms with Gasteiger partial charge in [0.1, 0.15) is 18.2 Å². The van der Waals surface area contributed by atoms with Crippen LogP contribution in [0.3, 0.4) is 0 Å². The van der Waals surface area contributed by atoms with Crippen LogP contribution in [-0.4, -0.2) is 92.3 Å². The van der Waals surface area contributed by atoms with Gasteiger partial charge >= 0.3 is 0 Å². The van der Waals surface area contributed by atoms with Gasteiger partial charge in [-0.3, -0.25) is 4.90 Å². The fraction of sp³-hybridized carbons (Fsp3) is 0.450. The minimum absolute atomic E-state index is 0.413. The Labute approximate surface area is 179 Å². The molecule has 3 aromatic heterocycles. The molecule has 5 rings (SSSR count). The Morgan fingerprint density at radius 3 is 2.81 bits per heavy atom. The number of morpholine rings is 1. The molecule has 5 heterocycles. The molecule has 3 N–H and O–H groups in total. The van der Waals surface area contributed by atoms with Crippen LogP contribution in [-0.2, 0) is 4.74 Å². The van der Waals surface area contributed by atoms with Gasteiger partial charge in [0.25, 0.3) is 0 Å². The van der Waals surface area contributed by atoms with Gasteiger partial charge in [0.05, 0.1) is 31.6 Å². The van der Waals surface area contributed by atoms with Gasteiger partial charge in [-0.15, -0.1) is 10.2 Å². The van der Waals surface area contributed by atoms with Crippen LogP contribution in [0.15, 0.2) is 24.7 Å². The van der Waals surface area contributed by atoms with E-state index in [4.69, 9.17) is 9.72 Å². The number of H-pyrrole nitrogens is 1. The molecule has 0 spiro atoms. The quantitative estimate of drug-likeness (QED) is 0.534. The van der Waals surface area contributed by atoms with E-state index in [1.165, 1.54) is 6.33 Å². The number of aliphatic hydroxyl groups is 1. The molecule has 11 nitrogen and oxygen atoms in total. The number of nitrogens with one attached hydrogen (secondary N) is 2. The minimum atomic E-state index is -0.661. The molecule has 0 aliphatic carbocycles. The topological polar surface area (TPSA) is 128 Å². The summed E-state index contributed by atoms with van der Waals surface area (Å²) in [5.41, 5.74) is 3.12. The predicted octanol–water partition coefficient (Wildman–Crippen LogP) is 0.515. The number of rotatable bonds is 5. The molecular formula is C20H25N9O2. The van der Waals surface area contributed by atoms with Crippen LogP contribution in [0.4, 0.5) is 11.6 Å². The maximum Gasteiger partial charge on any atom is 0.179 e. The lowest BCUT2D eigenvalue weighted by molar-refractivity contribution is 0.0378. The summed E-state index contributed by atoms with van der Waals surface area (Å²) < 4.78 is 5.42. The average molecular weight is 423 g/mol. The smallest absolute Gasteiger partial charge is 0.179 e. The van der Waals surface area contributed by atoms with Gasteiger partial charge in [-0.05, 0) is 19.1 Å². The number of anilines is 2. The molecule has 1 fully saturated rings. The van der Waals surface area contributed by atoms with Crippen LogP contribution in [0.2, 0.25) is 0 Å². The monoisotopic (exact) mass is 423 g/mol. The van der Waals surface area contributed by atoms with E-state index in [1.807, 2.05) is 24.0 Å². The Bertz CT molecular complexity index is 1040. The molecule has 31 heavy (non-hydrogen) atoms. The molecule has 2 aliphatic heterocycles. The standard InChI is InChI=1S/C20H25N9O2/c1-13-14(2-3-15(25-13)18-23-12-24-27-18)16-10-21-19-20(26-16)29(17(30)11-22-19)5-4-28-6-8-31-9-7-28/h2-3,10,12,17,30H,4-9,11H2,1H3,(H,21,22)(H,23,24,27). The number of ether oxygens (including phenoxy) is 1. The zero-order valence-electron chi connectivity index (χ0n) is 17.3. The van der Waals surface area contributed by atoms with Crippen molar-refractivity contribution in [2.45, 2.75) is 13.2 Å². The second kappa shape index (κ2) is 8.53. The van der Waals surface area contributed by atoms with Gasteiger partial charge in [-0.2, -0.15) is 0 Å². The lowest BCUT2D eigenvalue weighted by atomic mass is 10.1. The van der Waals surface area contributed by atoms with Crippen molar-refractivity contribution in [2.24, 2.45) is 0 Å². The SMILES string of the molecule is Cc1nc(-c2nnc[nH]2)ccc1-c1cnc2c(n1)N(CCN1CCOCC1)C(O)CN2. The van der Waals surface area contributed by atoms with Crippen LogP contribution < -0.4 is 10.2 Å². The van der Waals surface area contributed by atoms with Gasteiger partial charge in [-0.1, -0.05) is 0 Å². The summed E-state index contributed by atoms with van der Waals surface area (Å²) >= 11 is 0. The highest BCUT2D eigenvalue weighted by atomic mass is 16.5. The molecule has 0 amide bonds. The van der Waals surface area contributed by atoms with Crippen LogP contribution in [0, 0.1) is 6.92 Å². The van der Waals surface area contributed by atoms with Crippen molar-refractivity contribution in [1.29, 1.82) is 0 Å². The molecule has 0 radical (unpaired) electrons. The van der Waals surface area contributed by atoms with Gasteiger partial charge in [0, 0.05) is 37.4 Å². The third-order valence-electron chi connectivity index (χ3n) is 5.62. The molecule has 162 valence electrons. The van der Waals surface area contributed by atoms with Crippen molar-refractivity contribution in [3.05, 3.63) is 30.4 Å². The summed E-state index contributed by atoms with van der Waals surface area (Å²) in [4.78, 5) is 21.3. The number of nitrogens with zero attached hydrogens (tertiary/aromatic N) is 7. The molecule has 0 bridgehead atoms. The number of aryl methyl sites for hydroxylation is 1. The zero-order valence-corrected chi connectivity index (χ0v) is 17.3. The highest BCUT2D eigenvalue weighted by Gasteiger charge is 2.28. The molecule has 1 unspecified atom stereocenters. The number of β-amino-alcohol motifs (C(OH)–C–C–N with tert-alkyl or cyclic N) is 1. The Balaban J connectivity index is 1.41. The van der Waals surface area contributed by atoms with E-state index in [9.17, 15) is 5.11 Å². The van der Waals surface area contributed by atoms with Crippen LogP contribution in [0.5, 0.6) is 0 Å². The first kappa shape index (κ1) is 19.8. The van der Waals surface area contributed by atoms with E-state index in [2.05, 4.69) is 35.4 Å². The number of hydrogen-bond acceptors (Lipinski definition) is 10. The highest BCUT2D eigenvalue weighted by molar-refractivity contribution is 5.71. The fourth-order valence-electron chi connectivity index (χ4n) is 3.90.